The van der Waals surface area contributed by atoms with Crippen molar-refractivity contribution in [2.75, 3.05) is 19.6 Å². The van der Waals surface area contributed by atoms with E-state index in [2.05, 4.69) is 17.1 Å². The fraction of sp³-hybridized carbons (Fsp3) is 1.00. The van der Waals surface area contributed by atoms with Crippen LogP contribution in [0.4, 0.5) is 0 Å². The summed E-state index contributed by atoms with van der Waals surface area (Å²) >= 11 is 0. The average molecular weight is 236 g/mol. The van der Waals surface area contributed by atoms with Gasteiger partial charge in [-0.3, -0.25) is 0 Å². The van der Waals surface area contributed by atoms with Gasteiger partial charge in [0.2, 0.25) is 0 Å². The van der Waals surface area contributed by atoms with E-state index < -0.39 is 0 Å². The molecule has 1 heterocycles. The molecule has 2 nitrogen and oxygen atoms in total. The smallest absolute Gasteiger partial charge is 0.0121 e. The van der Waals surface area contributed by atoms with Gasteiger partial charge < -0.3 is 10.2 Å². The van der Waals surface area contributed by atoms with Gasteiger partial charge in [0.1, 0.15) is 0 Å². The Kier molecular flexibility index (Phi) is 3.72. The van der Waals surface area contributed by atoms with Gasteiger partial charge in [0.15, 0.2) is 0 Å². The maximum Gasteiger partial charge on any atom is 0.0121 e. The summed E-state index contributed by atoms with van der Waals surface area (Å²) in [4.78, 5) is 2.78. The Morgan fingerprint density at radius 3 is 2.35 bits per heavy atom. The van der Waals surface area contributed by atoms with Crippen LogP contribution in [0.25, 0.3) is 0 Å². The number of nitrogens with zero attached hydrogens (tertiary/aromatic N) is 1. The molecule has 2 atom stereocenters. The van der Waals surface area contributed by atoms with Crippen molar-refractivity contribution >= 4 is 0 Å². The van der Waals surface area contributed by atoms with Crippen molar-refractivity contribution < 1.29 is 0 Å². The molecule has 2 heteroatoms. The lowest BCUT2D eigenvalue weighted by Gasteiger charge is -2.38. The Balaban J connectivity index is 1.40. The van der Waals surface area contributed by atoms with E-state index in [1.807, 2.05) is 0 Å². The number of piperidine rings is 1. The third-order valence-corrected chi connectivity index (χ3v) is 5.21. The number of rotatable bonds is 4. The van der Waals surface area contributed by atoms with Crippen LogP contribution in [0, 0.1) is 11.8 Å². The molecule has 0 aromatic rings. The molecular weight excluding hydrogens is 208 g/mol. The first-order chi connectivity index (χ1) is 8.33. The molecule has 2 saturated carbocycles. The van der Waals surface area contributed by atoms with E-state index >= 15 is 0 Å². The van der Waals surface area contributed by atoms with Crippen LogP contribution < -0.4 is 5.32 Å². The topological polar surface area (TPSA) is 15.3 Å². The number of likely N-dealkylation sites (tertiary alicyclic amines) is 1. The van der Waals surface area contributed by atoms with Gasteiger partial charge in [-0.1, -0.05) is 13.3 Å². The van der Waals surface area contributed by atoms with Crippen LogP contribution >= 0.6 is 0 Å². The normalized spacial score (nSPS) is 36.5. The minimum atomic E-state index is 0.823. The van der Waals surface area contributed by atoms with Gasteiger partial charge in [0.25, 0.3) is 0 Å². The molecule has 3 rings (SSSR count). The molecule has 0 bridgehead atoms. The molecule has 1 aliphatic heterocycles. The largest absolute Gasteiger partial charge is 0.314 e. The van der Waals surface area contributed by atoms with Crippen LogP contribution in [0.3, 0.4) is 0 Å². The maximum absolute atomic E-state index is 3.78. The molecule has 0 aromatic carbocycles. The molecule has 98 valence electrons. The second-order valence-electron chi connectivity index (χ2n) is 6.64. The molecule has 2 unspecified atom stereocenters. The maximum atomic E-state index is 3.78. The first-order valence-corrected chi connectivity index (χ1v) is 7.80. The summed E-state index contributed by atoms with van der Waals surface area (Å²) in [5.74, 6) is 1.98. The Morgan fingerprint density at radius 1 is 1.00 bits per heavy atom. The summed E-state index contributed by atoms with van der Waals surface area (Å²) in [6, 6.07) is 1.74. The van der Waals surface area contributed by atoms with E-state index in [1.54, 1.807) is 0 Å². The number of hydrogen-bond acceptors (Lipinski definition) is 2. The highest BCUT2D eigenvalue weighted by atomic mass is 15.2. The van der Waals surface area contributed by atoms with Crippen LogP contribution in [0.2, 0.25) is 0 Å². The van der Waals surface area contributed by atoms with Crippen LogP contribution in [-0.4, -0.2) is 36.6 Å². The van der Waals surface area contributed by atoms with Crippen LogP contribution in [0.15, 0.2) is 0 Å². The Bertz CT molecular complexity index is 241. The summed E-state index contributed by atoms with van der Waals surface area (Å²) in [6.07, 6.45) is 10.1. The zero-order valence-electron chi connectivity index (χ0n) is 11.3. The highest BCUT2D eigenvalue weighted by molar-refractivity contribution is 4.88. The first-order valence-electron chi connectivity index (χ1n) is 7.80. The molecule has 0 aromatic heterocycles. The summed E-state index contributed by atoms with van der Waals surface area (Å²) < 4.78 is 0. The van der Waals surface area contributed by atoms with E-state index in [9.17, 15) is 0 Å². The Morgan fingerprint density at radius 2 is 1.76 bits per heavy atom. The molecule has 2 aliphatic carbocycles. The van der Waals surface area contributed by atoms with Gasteiger partial charge in [-0.05, 0) is 70.0 Å². The summed E-state index contributed by atoms with van der Waals surface area (Å²) in [6.45, 7) is 6.44. The van der Waals surface area contributed by atoms with Crippen LogP contribution in [-0.2, 0) is 0 Å². The zero-order valence-corrected chi connectivity index (χ0v) is 11.3. The van der Waals surface area contributed by atoms with Gasteiger partial charge in [0, 0.05) is 12.1 Å². The van der Waals surface area contributed by atoms with Crippen LogP contribution in [0.1, 0.15) is 51.9 Å². The molecule has 0 radical (unpaired) electrons. The van der Waals surface area contributed by atoms with Gasteiger partial charge in [-0.15, -0.1) is 0 Å². The van der Waals surface area contributed by atoms with Crippen molar-refractivity contribution in [3.05, 3.63) is 0 Å². The summed E-state index contributed by atoms with van der Waals surface area (Å²) in [5, 5.41) is 3.78. The summed E-state index contributed by atoms with van der Waals surface area (Å²) in [7, 11) is 0. The molecule has 1 N–H and O–H groups in total. The standard InChI is InChI=1S/C15H28N2/c1-12-3-2-4-15(12)17-9-7-14(8-10-17)16-11-13-5-6-13/h12-16H,2-11H2,1H3. The minimum absolute atomic E-state index is 0.823. The van der Waals surface area contributed by atoms with E-state index in [1.165, 1.54) is 64.6 Å². The first kappa shape index (κ1) is 12.0. The highest BCUT2D eigenvalue weighted by Crippen LogP contribution is 2.31. The third-order valence-electron chi connectivity index (χ3n) is 5.21. The predicted molar refractivity (Wildman–Crippen MR) is 72.1 cm³/mol. The van der Waals surface area contributed by atoms with Crippen LogP contribution in [0.5, 0.6) is 0 Å². The molecular formula is C15H28N2. The van der Waals surface area contributed by atoms with Gasteiger partial charge in [-0.2, -0.15) is 0 Å². The molecule has 3 fully saturated rings. The van der Waals surface area contributed by atoms with E-state index in [-0.39, 0.29) is 0 Å². The quantitative estimate of drug-likeness (QED) is 0.807. The predicted octanol–water partition coefficient (Wildman–Crippen LogP) is 2.64. The highest BCUT2D eigenvalue weighted by Gasteiger charge is 2.31. The van der Waals surface area contributed by atoms with E-state index in [4.69, 9.17) is 0 Å². The van der Waals surface area contributed by atoms with E-state index in [0.717, 1.165) is 23.9 Å². The number of hydrogen-bond donors (Lipinski definition) is 1. The molecule has 1 saturated heterocycles. The lowest BCUT2D eigenvalue weighted by Crippen LogP contribution is -2.47. The SMILES string of the molecule is CC1CCCC1N1CCC(NCC2CC2)CC1. The average Bonchev–Trinajstić information content (AvgIpc) is 3.09. The second-order valence-corrected chi connectivity index (χ2v) is 6.64. The molecule has 0 amide bonds. The van der Waals surface area contributed by atoms with Gasteiger partial charge in [0.05, 0.1) is 0 Å². The molecule has 17 heavy (non-hydrogen) atoms. The monoisotopic (exact) mass is 236 g/mol. The van der Waals surface area contributed by atoms with Crippen molar-refractivity contribution in [2.24, 2.45) is 11.8 Å². The van der Waals surface area contributed by atoms with Crippen molar-refractivity contribution in [1.29, 1.82) is 0 Å². The van der Waals surface area contributed by atoms with Gasteiger partial charge >= 0.3 is 0 Å². The lowest BCUT2D eigenvalue weighted by molar-refractivity contribution is 0.122. The fourth-order valence-electron chi connectivity index (χ4n) is 3.76. The van der Waals surface area contributed by atoms with Crippen molar-refractivity contribution in [1.82, 2.24) is 10.2 Å². The van der Waals surface area contributed by atoms with Crippen molar-refractivity contribution in [3.8, 4) is 0 Å². The fourth-order valence-corrected chi connectivity index (χ4v) is 3.76. The lowest BCUT2D eigenvalue weighted by atomic mass is 9.98. The Hall–Kier alpha value is -0.0800. The van der Waals surface area contributed by atoms with E-state index in [0.29, 0.717) is 0 Å². The van der Waals surface area contributed by atoms with Crippen molar-refractivity contribution in [2.45, 2.75) is 64.0 Å². The number of nitrogens with one attached hydrogen (secondary N) is 1. The zero-order chi connectivity index (χ0) is 11.7. The van der Waals surface area contributed by atoms with Crippen molar-refractivity contribution in [3.63, 3.8) is 0 Å². The molecule has 3 aliphatic rings. The second kappa shape index (κ2) is 5.27. The molecule has 0 spiro atoms. The summed E-state index contributed by atoms with van der Waals surface area (Å²) in [5.41, 5.74) is 0. The third kappa shape index (κ3) is 3.03. The minimum Gasteiger partial charge on any atom is -0.314 e. The Labute approximate surface area is 106 Å². The van der Waals surface area contributed by atoms with Gasteiger partial charge in [-0.25, -0.2) is 0 Å².